The van der Waals surface area contributed by atoms with Crippen LogP contribution >= 0.6 is 0 Å². The SMILES string of the molecule is CC(C)c1nc(CN(C)C2CCN(CCN)C2)no1. The minimum absolute atomic E-state index is 0.290. The van der Waals surface area contributed by atoms with Crippen molar-refractivity contribution in [3.63, 3.8) is 0 Å². The van der Waals surface area contributed by atoms with E-state index in [1.165, 1.54) is 6.42 Å². The molecule has 0 aromatic carbocycles. The molecule has 1 atom stereocenters. The van der Waals surface area contributed by atoms with E-state index in [1.807, 2.05) is 0 Å². The van der Waals surface area contributed by atoms with Crippen LogP contribution in [0.5, 0.6) is 0 Å². The molecule has 6 nitrogen and oxygen atoms in total. The zero-order valence-corrected chi connectivity index (χ0v) is 12.2. The molecule has 2 rings (SSSR count). The van der Waals surface area contributed by atoms with Crippen LogP contribution in [0.25, 0.3) is 0 Å². The third-order valence-corrected chi connectivity index (χ3v) is 3.68. The van der Waals surface area contributed by atoms with Gasteiger partial charge < -0.3 is 15.2 Å². The molecule has 1 aliphatic heterocycles. The first-order valence-corrected chi connectivity index (χ1v) is 7.05. The molecule has 1 aliphatic rings. The van der Waals surface area contributed by atoms with Crippen LogP contribution in [0.3, 0.4) is 0 Å². The van der Waals surface area contributed by atoms with Gasteiger partial charge in [-0.15, -0.1) is 0 Å². The topological polar surface area (TPSA) is 71.4 Å². The van der Waals surface area contributed by atoms with Gasteiger partial charge in [-0.1, -0.05) is 19.0 Å². The standard InChI is InChI=1S/C13H25N5O/c1-10(2)13-15-12(16-19-13)9-17(3)11-4-6-18(8-11)7-5-14/h10-11H,4-9,14H2,1-3H3. The Morgan fingerprint density at radius 1 is 1.53 bits per heavy atom. The van der Waals surface area contributed by atoms with Gasteiger partial charge in [0.2, 0.25) is 5.89 Å². The fourth-order valence-electron chi connectivity index (χ4n) is 2.48. The molecule has 1 aromatic heterocycles. The van der Waals surface area contributed by atoms with E-state index in [-0.39, 0.29) is 5.92 Å². The van der Waals surface area contributed by atoms with E-state index in [4.69, 9.17) is 10.3 Å². The highest BCUT2D eigenvalue weighted by molar-refractivity contribution is 4.92. The lowest BCUT2D eigenvalue weighted by molar-refractivity contribution is 0.219. The molecule has 1 aromatic rings. The molecule has 0 aliphatic carbocycles. The highest BCUT2D eigenvalue weighted by atomic mass is 16.5. The number of likely N-dealkylation sites (tertiary alicyclic amines) is 1. The van der Waals surface area contributed by atoms with Crippen LogP contribution in [0.4, 0.5) is 0 Å². The lowest BCUT2D eigenvalue weighted by Gasteiger charge is -2.23. The zero-order valence-electron chi connectivity index (χ0n) is 12.2. The molecule has 0 spiro atoms. The largest absolute Gasteiger partial charge is 0.339 e. The van der Waals surface area contributed by atoms with Crippen LogP contribution in [-0.2, 0) is 6.54 Å². The number of nitrogens with two attached hydrogens (primary N) is 1. The smallest absolute Gasteiger partial charge is 0.229 e. The minimum atomic E-state index is 0.290. The van der Waals surface area contributed by atoms with Gasteiger partial charge >= 0.3 is 0 Å². The summed E-state index contributed by atoms with van der Waals surface area (Å²) in [6.07, 6.45) is 1.19. The number of rotatable bonds is 6. The van der Waals surface area contributed by atoms with Gasteiger partial charge in [0.25, 0.3) is 0 Å². The molecule has 0 bridgehead atoms. The Morgan fingerprint density at radius 2 is 2.32 bits per heavy atom. The average Bonchev–Trinajstić information content (AvgIpc) is 2.98. The number of aromatic nitrogens is 2. The predicted molar refractivity (Wildman–Crippen MR) is 73.8 cm³/mol. The van der Waals surface area contributed by atoms with Gasteiger partial charge in [0.15, 0.2) is 5.82 Å². The number of likely N-dealkylation sites (N-methyl/N-ethyl adjacent to an activating group) is 1. The second kappa shape index (κ2) is 6.45. The Bertz CT molecular complexity index is 392. The van der Waals surface area contributed by atoms with E-state index in [1.54, 1.807) is 0 Å². The molecule has 0 radical (unpaired) electrons. The van der Waals surface area contributed by atoms with E-state index >= 15 is 0 Å². The summed E-state index contributed by atoms with van der Waals surface area (Å²) in [7, 11) is 2.13. The summed E-state index contributed by atoms with van der Waals surface area (Å²) in [6, 6.07) is 0.563. The summed E-state index contributed by atoms with van der Waals surface area (Å²) in [5, 5.41) is 4.04. The normalized spacial score (nSPS) is 20.8. The first-order chi connectivity index (χ1) is 9.10. The Balaban J connectivity index is 1.85. The van der Waals surface area contributed by atoms with Crippen molar-refractivity contribution >= 4 is 0 Å². The Morgan fingerprint density at radius 3 is 2.95 bits per heavy atom. The van der Waals surface area contributed by atoms with Crippen LogP contribution in [0, 0.1) is 0 Å². The van der Waals surface area contributed by atoms with Crippen molar-refractivity contribution in [3.8, 4) is 0 Å². The fraction of sp³-hybridized carbons (Fsp3) is 0.846. The van der Waals surface area contributed by atoms with Crippen LogP contribution in [0.15, 0.2) is 4.52 Å². The van der Waals surface area contributed by atoms with Gasteiger partial charge in [-0.05, 0) is 20.0 Å². The van der Waals surface area contributed by atoms with Crippen molar-refractivity contribution in [1.29, 1.82) is 0 Å². The maximum atomic E-state index is 5.60. The van der Waals surface area contributed by atoms with Crippen molar-refractivity contribution in [2.45, 2.75) is 38.8 Å². The Hall–Kier alpha value is -0.980. The first-order valence-electron chi connectivity index (χ1n) is 7.05. The van der Waals surface area contributed by atoms with Crippen LogP contribution in [0.2, 0.25) is 0 Å². The molecule has 2 N–H and O–H groups in total. The Labute approximate surface area is 114 Å². The van der Waals surface area contributed by atoms with Crippen LogP contribution in [-0.4, -0.2) is 59.2 Å². The highest BCUT2D eigenvalue weighted by Crippen LogP contribution is 2.16. The molecule has 2 heterocycles. The van der Waals surface area contributed by atoms with Crippen molar-refractivity contribution in [3.05, 3.63) is 11.7 Å². The molecular formula is C13H25N5O. The highest BCUT2D eigenvalue weighted by Gasteiger charge is 2.26. The maximum Gasteiger partial charge on any atom is 0.229 e. The second-order valence-electron chi connectivity index (χ2n) is 5.65. The summed E-state index contributed by atoms with van der Waals surface area (Å²) in [5.41, 5.74) is 5.60. The molecule has 0 saturated carbocycles. The summed E-state index contributed by atoms with van der Waals surface area (Å²) < 4.78 is 5.23. The van der Waals surface area contributed by atoms with Gasteiger partial charge in [0, 0.05) is 31.6 Å². The average molecular weight is 267 g/mol. The fourth-order valence-corrected chi connectivity index (χ4v) is 2.48. The van der Waals surface area contributed by atoms with Crippen molar-refractivity contribution in [2.75, 3.05) is 33.2 Å². The monoisotopic (exact) mass is 267 g/mol. The van der Waals surface area contributed by atoms with Crippen LogP contribution < -0.4 is 5.73 Å². The molecule has 6 heteroatoms. The van der Waals surface area contributed by atoms with E-state index in [2.05, 4.69) is 40.8 Å². The van der Waals surface area contributed by atoms with E-state index < -0.39 is 0 Å². The Kier molecular flexibility index (Phi) is 4.90. The summed E-state index contributed by atoms with van der Waals surface area (Å²) >= 11 is 0. The zero-order chi connectivity index (χ0) is 13.8. The van der Waals surface area contributed by atoms with E-state index in [0.717, 1.165) is 44.4 Å². The molecule has 19 heavy (non-hydrogen) atoms. The molecule has 1 saturated heterocycles. The van der Waals surface area contributed by atoms with Gasteiger partial charge in [0.1, 0.15) is 0 Å². The van der Waals surface area contributed by atoms with Crippen molar-refractivity contribution in [1.82, 2.24) is 19.9 Å². The van der Waals surface area contributed by atoms with E-state index in [0.29, 0.717) is 6.04 Å². The molecule has 108 valence electrons. The lowest BCUT2D eigenvalue weighted by Crippen LogP contribution is -2.35. The second-order valence-corrected chi connectivity index (χ2v) is 5.65. The number of hydrogen-bond donors (Lipinski definition) is 1. The third-order valence-electron chi connectivity index (χ3n) is 3.68. The van der Waals surface area contributed by atoms with Crippen LogP contribution in [0.1, 0.15) is 37.9 Å². The summed E-state index contributed by atoms with van der Waals surface area (Å²) in [6.45, 7) is 8.81. The van der Waals surface area contributed by atoms with E-state index in [9.17, 15) is 0 Å². The molecular weight excluding hydrogens is 242 g/mol. The maximum absolute atomic E-state index is 5.60. The lowest BCUT2D eigenvalue weighted by atomic mass is 10.2. The number of nitrogens with zero attached hydrogens (tertiary/aromatic N) is 4. The van der Waals surface area contributed by atoms with Gasteiger partial charge in [-0.3, -0.25) is 4.90 Å². The van der Waals surface area contributed by atoms with Gasteiger partial charge in [-0.25, -0.2) is 0 Å². The van der Waals surface area contributed by atoms with Gasteiger partial charge in [-0.2, -0.15) is 4.98 Å². The molecule has 1 unspecified atom stereocenters. The van der Waals surface area contributed by atoms with Crippen molar-refractivity contribution in [2.24, 2.45) is 5.73 Å². The third kappa shape index (κ3) is 3.75. The number of hydrogen-bond acceptors (Lipinski definition) is 6. The molecule has 0 amide bonds. The summed E-state index contributed by atoms with van der Waals surface area (Å²) in [4.78, 5) is 9.15. The predicted octanol–water partition coefficient (Wildman–Crippen LogP) is 0.658. The summed E-state index contributed by atoms with van der Waals surface area (Å²) in [5.74, 6) is 1.79. The van der Waals surface area contributed by atoms with Crippen molar-refractivity contribution < 1.29 is 4.52 Å². The molecule has 1 fully saturated rings. The van der Waals surface area contributed by atoms with Gasteiger partial charge in [0.05, 0.1) is 6.54 Å². The quantitative estimate of drug-likeness (QED) is 0.816. The first kappa shape index (κ1) is 14.4. The minimum Gasteiger partial charge on any atom is -0.339 e.